The van der Waals surface area contributed by atoms with Gasteiger partial charge in [0.25, 0.3) is 5.56 Å². The molecular formula is C18H21N5O. The van der Waals surface area contributed by atoms with Crippen LogP contribution in [0.25, 0.3) is 11.0 Å². The first kappa shape index (κ1) is 15.1. The molecular weight excluding hydrogens is 302 g/mol. The monoisotopic (exact) mass is 323 g/mol. The minimum Gasteiger partial charge on any atom is -0.310 e. The van der Waals surface area contributed by atoms with E-state index in [1.807, 2.05) is 35.0 Å². The summed E-state index contributed by atoms with van der Waals surface area (Å²) >= 11 is 0. The summed E-state index contributed by atoms with van der Waals surface area (Å²) in [5, 5.41) is 5.04. The second kappa shape index (κ2) is 6.20. The summed E-state index contributed by atoms with van der Waals surface area (Å²) in [5.74, 6) is 0.688. The van der Waals surface area contributed by atoms with E-state index in [1.54, 1.807) is 6.20 Å². The van der Waals surface area contributed by atoms with Crippen LogP contribution in [-0.4, -0.2) is 44.8 Å². The molecule has 3 aromatic rings. The van der Waals surface area contributed by atoms with E-state index in [0.29, 0.717) is 29.3 Å². The van der Waals surface area contributed by atoms with E-state index in [1.165, 1.54) is 0 Å². The van der Waals surface area contributed by atoms with Crippen molar-refractivity contribution in [3.8, 4) is 0 Å². The largest absolute Gasteiger partial charge is 0.310 e. The van der Waals surface area contributed by atoms with Gasteiger partial charge in [0.1, 0.15) is 11.2 Å². The number of benzene rings is 1. The number of piperidine rings is 1. The predicted molar refractivity (Wildman–Crippen MR) is 93.2 cm³/mol. The Kier molecular flexibility index (Phi) is 3.90. The van der Waals surface area contributed by atoms with Crippen molar-refractivity contribution in [3.05, 3.63) is 58.3 Å². The van der Waals surface area contributed by atoms with Gasteiger partial charge in [-0.05, 0) is 38.5 Å². The van der Waals surface area contributed by atoms with Crippen molar-refractivity contribution >= 4 is 11.0 Å². The molecule has 4 rings (SSSR count). The number of fused-ring (bicyclic) bond motifs is 1. The maximum atomic E-state index is 12.4. The van der Waals surface area contributed by atoms with Gasteiger partial charge in [-0.25, -0.2) is 9.67 Å². The molecule has 0 amide bonds. The average molecular weight is 323 g/mol. The summed E-state index contributed by atoms with van der Waals surface area (Å²) in [6.45, 7) is 2.10. The molecule has 0 atom stereocenters. The fourth-order valence-electron chi connectivity index (χ4n) is 3.36. The van der Waals surface area contributed by atoms with Crippen LogP contribution in [0.2, 0.25) is 0 Å². The molecule has 0 saturated carbocycles. The lowest BCUT2D eigenvalue weighted by atomic mass is 10.1. The fraction of sp³-hybridized carbons (Fsp3) is 0.389. The van der Waals surface area contributed by atoms with Crippen LogP contribution in [0.4, 0.5) is 0 Å². The van der Waals surface area contributed by atoms with Crippen LogP contribution in [0.15, 0.2) is 41.3 Å². The van der Waals surface area contributed by atoms with Crippen LogP contribution in [0, 0.1) is 0 Å². The molecule has 1 N–H and O–H groups in total. The lowest BCUT2D eigenvalue weighted by molar-refractivity contribution is 0.215. The van der Waals surface area contributed by atoms with E-state index in [2.05, 4.69) is 22.0 Å². The number of hydrogen-bond donors (Lipinski definition) is 1. The maximum Gasteiger partial charge on any atom is 0.262 e. The molecule has 6 nitrogen and oxygen atoms in total. The number of likely N-dealkylation sites (tertiary alicyclic amines) is 1. The normalized spacial score (nSPS) is 16.7. The van der Waals surface area contributed by atoms with Gasteiger partial charge in [0.05, 0.1) is 12.2 Å². The number of rotatable bonds is 3. The average Bonchev–Trinajstić information content (AvgIpc) is 3.01. The molecule has 2 aromatic heterocycles. The van der Waals surface area contributed by atoms with E-state index in [0.717, 1.165) is 31.5 Å². The molecule has 0 aliphatic carbocycles. The molecule has 1 fully saturated rings. The second-order valence-electron chi connectivity index (χ2n) is 6.54. The Morgan fingerprint density at radius 2 is 1.96 bits per heavy atom. The van der Waals surface area contributed by atoms with Crippen LogP contribution in [0.1, 0.15) is 30.3 Å². The van der Waals surface area contributed by atoms with Crippen LogP contribution >= 0.6 is 0 Å². The molecule has 1 aliphatic rings. The van der Waals surface area contributed by atoms with Gasteiger partial charge in [-0.15, -0.1) is 0 Å². The van der Waals surface area contributed by atoms with Crippen molar-refractivity contribution < 1.29 is 0 Å². The lowest BCUT2D eigenvalue weighted by Crippen LogP contribution is -2.32. The summed E-state index contributed by atoms with van der Waals surface area (Å²) < 4.78 is 1.95. The maximum absolute atomic E-state index is 12.4. The summed E-state index contributed by atoms with van der Waals surface area (Å²) in [7, 11) is 2.14. The summed E-state index contributed by atoms with van der Waals surface area (Å²) in [4.78, 5) is 22.3. The van der Waals surface area contributed by atoms with Crippen molar-refractivity contribution in [2.75, 3.05) is 20.1 Å². The van der Waals surface area contributed by atoms with E-state index >= 15 is 0 Å². The Bertz CT molecular complexity index is 891. The molecule has 124 valence electrons. The Balaban J connectivity index is 1.70. The molecule has 1 saturated heterocycles. The SMILES string of the molecule is CN1CCC(n2ncc3c(=O)[nH]c(Cc4ccccc4)nc32)CC1. The van der Waals surface area contributed by atoms with E-state index < -0.39 is 0 Å². The number of nitrogens with one attached hydrogen (secondary N) is 1. The zero-order valence-electron chi connectivity index (χ0n) is 13.8. The number of H-pyrrole nitrogens is 1. The van der Waals surface area contributed by atoms with Crippen LogP contribution in [-0.2, 0) is 6.42 Å². The van der Waals surface area contributed by atoms with Gasteiger partial charge >= 0.3 is 0 Å². The van der Waals surface area contributed by atoms with Crippen molar-refractivity contribution in [2.24, 2.45) is 0 Å². The van der Waals surface area contributed by atoms with Crippen LogP contribution < -0.4 is 5.56 Å². The highest BCUT2D eigenvalue weighted by atomic mass is 16.1. The van der Waals surface area contributed by atoms with Crippen molar-refractivity contribution in [3.63, 3.8) is 0 Å². The van der Waals surface area contributed by atoms with Gasteiger partial charge in [0, 0.05) is 6.42 Å². The van der Waals surface area contributed by atoms with Crippen molar-refractivity contribution in [1.29, 1.82) is 0 Å². The Morgan fingerprint density at radius 3 is 2.71 bits per heavy atom. The first-order chi connectivity index (χ1) is 11.7. The van der Waals surface area contributed by atoms with Gasteiger partial charge in [-0.2, -0.15) is 5.10 Å². The van der Waals surface area contributed by atoms with Crippen LogP contribution in [0.3, 0.4) is 0 Å². The lowest BCUT2D eigenvalue weighted by Gasteiger charge is -2.29. The van der Waals surface area contributed by atoms with Crippen molar-refractivity contribution in [2.45, 2.75) is 25.3 Å². The quantitative estimate of drug-likeness (QED) is 0.800. The predicted octanol–water partition coefficient (Wildman–Crippen LogP) is 1.98. The minimum atomic E-state index is -0.106. The molecule has 1 aliphatic heterocycles. The highest BCUT2D eigenvalue weighted by Gasteiger charge is 2.22. The first-order valence-corrected chi connectivity index (χ1v) is 8.39. The van der Waals surface area contributed by atoms with Crippen molar-refractivity contribution in [1.82, 2.24) is 24.6 Å². The fourth-order valence-corrected chi connectivity index (χ4v) is 3.36. The van der Waals surface area contributed by atoms with E-state index in [-0.39, 0.29) is 5.56 Å². The Morgan fingerprint density at radius 1 is 1.21 bits per heavy atom. The highest BCUT2D eigenvalue weighted by molar-refractivity contribution is 5.73. The molecule has 24 heavy (non-hydrogen) atoms. The smallest absolute Gasteiger partial charge is 0.262 e. The van der Waals surface area contributed by atoms with Gasteiger partial charge in [-0.1, -0.05) is 30.3 Å². The second-order valence-corrected chi connectivity index (χ2v) is 6.54. The third kappa shape index (κ3) is 2.85. The molecule has 0 bridgehead atoms. The van der Waals surface area contributed by atoms with Gasteiger partial charge in [0.15, 0.2) is 5.65 Å². The minimum absolute atomic E-state index is 0.106. The molecule has 1 aromatic carbocycles. The van der Waals surface area contributed by atoms with Gasteiger partial charge in [-0.3, -0.25) is 4.79 Å². The summed E-state index contributed by atoms with van der Waals surface area (Å²) in [5.41, 5.74) is 1.73. The van der Waals surface area contributed by atoms with Gasteiger partial charge in [0.2, 0.25) is 0 Å². The standard InChI is InChI=1S/C18H21N5O/c1-22-9-7-14(8-10-22)23-17-15(12-19-23)18(24)21-16(20-17)11-13-5-3-2-4-6-13/h2-6,12,14H,7-11H2,1H3,(H,20,21,24). The third-order valence-electron chi connectivity index (χ3n) is 4.76. The topological polar surface area (TPSA) is 66.8 Å². The zero-order valence-corrected chi connectivity index (χ0v) is 13.8. The van der Waals surface area contributed by atoms with E-state index in [4.69, 9.17) is 4.98 Å². The number of aromatic nitrogens is 4. The zero-order chi connectivity index (χ0) is 16.5. The first-order valence-electron chi connectivity index (χ1n) is 8.39. The Labute approximate surface area is 140 Å². The molecule has 0 radical (unpaired) electrons. The molecule has 6 heteroatoms. The number of aromatic amines is 1. The Hall–Kier alpha value is -2.47. The molecule has 3 heterocycles. The van der Waals surface area contributed by atoms with Gasteiger partial charge < -0.3 is 9.88 Å². The number of hydrogen-bond acceptors (Lipinski definition) is 4. The number of nitrogens with zero attached hydrogens (tertiary/aromatic N) is 4. The highest BCUT2D eigenvalue weighted by Crippen LogP contribution is 2.23. The summed E-state index contributed by atoms with van der Waals surface area (Å²) in [6, 6.07) is 10.4. The third-order valence-corrected chi connectivity index (χ3v) is 4.76. The molecule has 0 spiro atoms. The molecule has 0 unspecified atom stereocenters. The summed E-state index contributed by atoms with van der Waals surface area (Å²) in [6.07, 6.45) is 4.34. The van der Waals surface area contributed by atoms with Crippen LogP contribution in [0.5, 0.6) is 0 Å². The van der Waals surface area contributed by atoms with E-state index in [9.17, 15) is 4.79 Å².